The molecule has 19 heavy (non-hydrogen) atoms. The number of hydrogen-bond donors (Lipinski definition) is 2. The fraction of sp³-hybridized carbons (Fsp3) is 0.571. The van der Waals surface area contributed by atoms with Crippen LogP contribution >= 0.6 is 0 Å². The van der Waals surface area contributed by atoms with Gasteiger partial charge in [-0.05, 0) is 37.2 Å². The van der Waals surface area contributed by atoms with Crippen LogP contribution in [-0.4, -0.2) is 30.1 Å². The van der Waals surface area contributed by atoms with E-state index in [-0.39, 0.29) is 22.9 Å². The maximum Gasteiger partial charge on any atom is 0.251 e. The molecule has 1 aliphatic carbocycles. The zero-order chi connectivity index (χ0) is 13.3. The van der Waals surface area contributed by atoms with Crippen LogP contribution in [0.4, 0.5) is 0 Å². The molecule has 102 valence electrons. The van der Waals surface area contributed by atoms with E-state index in [9.17, 15) is 9.59 Å². The van der Waals surface area contributed by atoms with E-state index >= 15 is 0 Å². The van der Waals surface area contributed by atoms with E-state index in [2.05, 4.69) is 10.3 Å². The molecule has 2 N–H and O–H groups in total. The first-order valence-electron chi connectivity index (χ1n) is 6.77. The topological polar surface area (TPSA) is 71.2 Å². The van der Waals surface area contributed by atoms with Gasteiger partial charge in [-0.3, -0.25) is 9.59 Å². The number of carbonyl (C=O) groups excluding carboxylic acids is 1. The van der Waals surface area contributed by atoms with Crippen molar-refractivity contribution in [1.82, 2.24) is 10.3 Å². The second kappa shape index (κ2) is 4.81. The molecular formula is C14H18N2O3. The Balaban J connectivity index is 1.68. The lowest BCUT2D eigenvalue weighted by atomic mass is 9.60. The zero-order valence-electron chi connectivity index (χ0n) is 10.8. The van der Waals surface area contributed by atoms with Gasteiger partial charge in [0.05, 0.1) is 0 Å². The molecule has 5 nitrogen and oxygen atoms in total. The Labute approximate surface area is 111 Å². The fourth-order valence-electron chi connectivity index (χ4n) is 3.13. The molecule has 2 fully saturated rings. The molecule has 1 amide bonds. The number of H-pyrrole nitrogens is 1. The predicted octanol–water partition coefficient (Wildman–Crippen LogP) is 1.06. The van der Waals surface area contributed by atoms with Gasteiger partial charge in [-0.25, -0.2) is 0 Å². The van der Waals surface area contributed by atoms with Gasteiger partial charge in [0.1, 0.15) is 0 Å². The molecule has 5 heteroatoms. The molecule has 1 aromatic heterocycles. The van der Waals surface area contributed by atoms with Gasteiger partial charge in [0, 0.05) is 37.1 Å². The molecule has 1 spiro atoms. The molecule has 1 saturated heterocycles. The third-order valence-electron chi connectivity index (χ3n) is 4.50. The predicted molar refractivity (Wildman–Crippen MR) is 70.0 cm³/mol. The van der Waals surface area contributed by atoms with E-state index in [1.165, 1.54) is 12.3 Å². The number of nitrogens with one attached hydrogen (secondary N) is 2. The number of ether oxygens (including phenoxy) is 1. The van der Waals surface area contributed by atoms with Crippen LogP contribution in [0, 0.1) is 5.41 Å². The van der Waals surface area contributed by atoms with Crippen molar-refractivity contribution in [3.8, 4) is 0 Å². The second-order valence-corrected chi connectivity index (χ2v) is 5.48. The molecule has 2 heterocycles. The van der Waals surface area contributed by atoms with Crippen molar-refractivity contribution in [2.75, 3.05) is 13.2 Å². The monoisotopic (exact) mass is 262 g/mol. The van der Waals surface area contributed by atoms with Crippen LogP contribution in [0.2, 0.25) is 0 Å². The minimum Gasteiger partial charge on any atom is -0.381 e. The van der Waals surface area contributed by atoms with E-state index in [1.54, 1.807) is 6.07 Å². The normalized spacial score (nSPS) is 24.7. The molecule has 1 unspecified atom stereocenters. The summed E-state index contributed by atoms with van der Waals surface area (Å²) in [7, 11) is 0. The summed E-state index contributed by atoms with van der Waals surface area (Å²) in [5.41, 5.74) is 0.412. The number of rotatable bonds is 2. The Morgan fingerprint density at radius 2 is 2.16 bits per heavy atom. The number of pyridine rings is 1. The summed E-state index contributed by atoms with van der Waals surface area (Å²) in [5.74, 6) is -0.151. The Hall–Kier alpha value is -1.62. The minimum atomic E-state index is -0.248. The lowest BCUT2D eigenvalue weighted by Gasteiger charge is -2.52. The van der Waals surface area contributed by atoms with Crippen LogP contribution in [0.1, 0.15) is 36.0 Å². The molecule has 1 aliphatic heterocycles. The van der Waals surface area contributed by atoms with Crippen LogP contribution in [0.25, 0.3) is 0 Å². The first-order chi connectivity index (χ1) is 9.20. The summed E-state index contributed by atoms with van der Waals surface area (Å²) >= 11 is 0. The van der Waals surface area contributed by atoms with Gasteiger partial charge >= 0.3 is 0 Å². The van der Waals surface area contributed by atoms with Crippen LogP contribution in [0.3, 0.4) is 0 Å². The van der Waals surface area contributed by atoms with Crippen molar-refractivity contribution in [3.05, 3.63) is 34.2 Å². The molecule has 0 radical (unpaired) electrons. The summed E-state index contributed by atoms with van der Waals surface area (Å²) in [4.78, 5) is 25.9. The summed E-state index contributed by atoms with van der Waals surface area (Å²) in [6, 6.07) is 3.19. The average molecular weight is 262 g/mol. The van der Waals surface area contributed by atoms with E-state index < -0.39 is 0 Å². The van der Waals surface area contributed by atoms with E-state index in [0.717, 1.165) is 38.9 Å². The fourth-order valence-corrected chi connectivity index (χ4v) is 3.13. The second-order valence-electron chi connectivity index (χ2n) is 5.48. The largest absolute Gasteiger partial charge is 0.381 e. The van der Waals surface area contributed by atoms with Gasteiger partial charge in [-0.1, -0.05) is 0 Å². The zero-order valence-corrected chi connectivity index (χ0v) is 10.8. The van der Waals surface area contributed by atoms with Crippen LogP contribution < -0.4 is 10.9 Å². The van der Waals surface area contributed by atoms with Gasteiger partial charge in [0.25, 0.3) is 5.91 Å². The first kappa shape index (κ1) is 12.4. The molecule has 2 aliphatic rings. The molecule has 1 saturated carbocycles. The highest BCUT2D eigenvalue weighted by Crippen LogP contribution is 2.48. The van der Waals surface area contributed by atoms with E-state index in [1.807, 2.05) is 0 Å². The van der Waals surface area contributed by atoms with Crippen molar-refractivity contribution in [3.63, 3.8) is 0 Å². The van der Waals surface area contributed by atoms with Gasteiger partial charge in [-0.2, -0.15) is 0 Å². The highest BCUT2D eigenvalue weighted by molar-refractivity contribution is 5.94. The summed E-state index contributed by atoms with van der Waals surface area (Å²) in [6.07, 6.45) is 5.73. The Morgan fingerprint density at radius 3 is 2.79 bits per heavy atom. The van der Waals surface area contributed by atoms with Gasteiger partial charge in [0.2, 0.25) is 5.56 Å². The van der Waals surface area contributed by atoms with E-state index in [0.29, 0.717) is 5.56 Å². The van der Waals surface area contributed by atoms with Crippen molar-refractivity contribution in [1.29, 1.82) is 0 Å². The lowest BCUT2D eigenvalue weighted by Crippen LogP contribution is -2.57. The van der Waals surface area contributed by atoms with Gasteiger partial charge in [-0.15, -0.1) is 0 Å². The van der Waals surface area contributed by atoms with Gasteiger partial charge < -0.3 is 15.0 Å². The molecule has 0 aromatic carbocycles. The van der Waals surface area contributed by atoms with Gasteiger partial charge in [0.15, 0.2) is 0 Å². The Bertz CT molecular complexity index is 531. The molecular weight excluding hydrogens is 244 g/mol. The number of hydrogen-bond acceptors (Lipinski definition) is 3. The van der Waals surface area contributed by atoms with Crippen molar-refractivity contribution < 1.29 is 9.53 Å². The first-order valence-corrected chi connectivity index (χ1v) is 6.77. The smallest absolute Gasteiger partial charge is 0.251 e. The standard InChI is InChI=1S/C14H18N2O3/c17-12-9-10(2-6-15-12)13(18)16-11-1-3-14(11)4-7-19-8-5-14/h2,6,9,11H,1,3-5,7-8H2,(H,15,17)(H,16,18). The summed E-state index contributed by atoms with van der Waals surface area (Å²) in [6.45, 7) is 1.58. The number of carbonyl (C=O) groups is 1. The SMILES string of the molecule is O=C(NC1CCC12CCOCC2)c1cc[nH]c(=O)c1. The van der Waals surface area contributed by atoms with Crippen molar-refractivity contribution in [2.45, 2.75) is 31.7 Å². The van der Waals surface area contributed by atoms with Crippen LogP contribution in [-0.2, 0) is 4.74 Å². The Kier molecular flexibility index (Phi) is 3.14. The van der Waals surface area contributed by atoms with Crippen molar-refractivity contribution in [2.24, 2.45) is 5.41 Å². The maximum absolute atomic E-state index is 12.1. The Morgan fingerprint density at radius 1 is 1.37 bits per heavy atom. The number of aromatic amines is 1. The summed E-state index contributed by atoms with van der Waals surface area (Å²) in [5, 5.41) is 3.07. The number of amides is 1. The summed E-state index contributed by atoms with van der Waals surface area (Å²) < 4.78 is 5.40. The molecule has 1 atom stereocenters. The van der Waals surface area contributed by atoms with Crippen LogP contribution in [0.15, 0.2) is 23.1 Å². The molecule has 0 bridgehead atoms. The minimum absolute atomic E-state index is 0.151. The molecule has 3 rings (SSSR count). The quantitative estimate of drug-likeness (QED) is 0.837. The molecule has 1 aromatic rings. The number of aromatic nitrogens is 1. The van der Waals surface area contributed by atoms with Crippen LogP contribution in [0.5, 0.6) is 0 Å². The maximum atomic E-state index is 12.1. The highest BCUT2D eigenvalue weighted by atomic mass is 16.5. The lowest BCUT2D eigenvalue weighted by molar-refractivity contribution is -0.0523. The highest BCUT2D eigenvalue weighted by Gasteiger charge is 2.47. The van der Waals surface area contributed by atoms with Crippen molar-refractivity contribution >= 4 is 5.91 Å². The van der Waals surface area contributed by atoms with E-state index in [4.69, 9.17) is 4.74 Å². The average Bonchev–Trinajstić information content (AvgIpc) is 2.44. The third-order valence-corrected chi connectivity index (χ3v) is 4.50. The third kappa shape index (κ3) is 2.30.